The van der Waals surface area contributed by atoms with Crippen LogP contribution in [0.5, 0.6) is 0 Å². The molecule has 0 radical (unpaired) electrons. The monoisotopic (exact) mass is 174 g/mol. The van der Waals surface area contributed by atoms with Gasteiger partial charge in [0.15, 0.2) is 6.29 Å². The molecule has 0 aromatic heterocycles. The highest BCUT2D eigenvalue weighted by molar-refractivity contribution is 5.79. The van der Waals surface area contributed by atoms with Gasteiger partial charge in [0.2, 0.25) is 0 Å². The van der Waals surface area contributed by atoms with Crippen molar-refractivity contribution in [1.82, 2.24) is 0 Å². The topological polar surface area (TPSA) is 37.3 Å². The van der Waals surface area contributed by atoms with Crippen LogP contribution in [0.2, 0.25) is 0 Å². The first-order valence-electron chi connectivity index (χ1n) is 3.98. The number of carbonyl (C=O) groups is 1. The molecule has 0 amide bonds. The number of benzene rings is 1. The van der Waals surface area contributed by atoms with Crippen LogP contribution in [0.15, 0.2) is 24.3 Å². The summed E-state index contributed by atoms with van der Waals surface area (Å²) in [6, 6.07) is 7.02. The highest BCUT2D eigenvalue weighted by atomic mass is 16.3. The van der Waals surface area contributed by atoms with Crippen molar-refractivity contribution < 1.29 is 9.90 Å². The van der Waals surface area contributed by atoms with E-state index in [0.717, 1.165) is 6.29 Å². The van der Waals surface area contributed by atoms with Crippen molar-refractivity contribution in [3.63, 3.8) is 0 Å². The normalized spacial score (nSPS) is 11.2. The average molecular weight is 174 g/mol. The number of aliphatic hydroxyl groups is 1. The van der Waals surface area contributed by atoms with Crippen LogP contribution in [0.25, 0.3) is 0 Å². The summed E-state index contributed by atoms with van der Waals surface area (Å²) in [5, 5.41) is 8.92. The van der Waals surface area contributed by atoms with Gasteiger partial charge in [-0.3, -0.25) is 4.79 Å². The van der Waals surface area contributed by atoms with Crippen molar-refractivity contribution in [1.29, 1.82) is 0 Å². The summed E-state index contributed by atoms with van der Waals surface area (Å²) in [6.07, 6.45) is 0.0891. The number of rotatable bonds is 1. The highest BCUT2D eigenvalue weighted by Crippen LogP contribution is 2.03. The van der Waals surface area contributed by atoms with Gasteiger partial charge in [-0.2, -0.15) is 0 Å². The van der Waals surface area contributed by atoms with E-state index in [2.05, 4.69) is 11.8 Å². The molecule has 0 unspecified atom stereocenters. The van der Waals surface area contributed by atoms with Crippen molar-refractivity contribution in [3.8, 4) is 11.8 Å². The number of hydrogen-bond donors (Lipinski definition) is 1. The lowest BCUT2D eigenvalue weighted by atomic mass is 10.1. The smallest absolute Gasteiger partial charge is 0.151 e. The minimum absolute atomic E-state index is 0.552. The summed E-state index contributed by atoms with van der Waals surface area (Å²) in [6.45, 7) is 1.58. The molecule has 66 valence electrons. The van der Waals surface area contributed by atoms with Crippen LogP contribution in [0.3, 0.4) is 0 Å². The van der Waals surface area contributed by atoms with Crippen molar-refractivity contribution >= 4 is 6.29 Å². The molecule has 2 heteroatoms. The molecule has 1 atom stereocenters. The third-order valence-corrected chi connectivity index (χ3v) is 1.50. The lowest BCUT2D eigenvalue weighted by Crippen LogP contribution is -1.93. The van der Waals surface area contributed by atoms with E-state index < -0.39 is 6.10 Å². The molecule has 1 rings (SSSR count). The first-order chi connectivity index (χ1) is 6.24. The zero-order chi connectivity index (χ0) is 9.68. The predicted molar refractivity (Wildman–Crippen MR) is 50.4 cm³/mol. The molecular formula is C11H10O2. The van der Waals surface area contributed by atoms with E-state index in [1.165, 1.54) is 0 Å². The van der Waals surface area contributed by atoms with Crippen molar-refractivity contribution in [2.24, 2.45) is 0 Å². The van der Waals surface area contributed by atoms with Crippen molar-refractivity contribution in [2.75, 3.05) is 0 Å². The fourth-order valence-electron chi connectivity index (χ4n) is 0.896. The Labute approximate surface area is 77.2 Å². The number of aldehydes is 1. The standard InChI is InChI=1S/C11H10O2/c1-9(13)6-7-10-4-2-3-5-11(10)8-12/h2-5,8-9,13H,1H3/t9-/m1/s1. The molecule has 0 spiro atoms. The van der Waals surface area contributed by atoms with Crippen molar-refractivity contribution in [3.05, 3.63) is 35.4 Å². The van der Waals surface area contributed by atoms with Gasteiger partial charge in [0.25, 0.3) is 0 Å². The molecule has 1 aromatic rings. The minimum Gasteiger partial charge on any atom is -0.381 e. The van der Waals surface area contributed by atoms with Gasteiger partial charge in [-0.1, -0.05) is 30.0 Å². The number of aliphatic hydroxyl groups excluding tert-OH is 1. The largest absolute Gasteiger partial charge is 0.381 e. The summed E-state index contributed by atoms with van der Waals surface area (Å²) >= 11 is 0. The van der Waals surface area contributed by atoms with Crippen LogP contribution in [0.1, 0.15) is 22.8 Å². The van der Waals surface area contributed by atoms with E-state index in [1.807, 2.05) is 0 Å². The quantitative estimate of drug-likeness (QED) is 0.513. The summed E-state index contributed by atoms with van der Waals surface area (Å²) in [4.78, 5) is 10.5. The Hall–Kier alpha value is -1.59. The molecule has 0 bridgehead atoms. The molecule has 1 aromatic carbocycles. The third-order valence-electron chi connectivity index (χ3n) is 1.50. The van der Waals surface area contributed by atoms with E-state index in [1.54, 1.807) is 31.2 Å². The number of hydrogen-bond acceptors (Lipinski definition) is 2. The molecule has 1 N–H and O–H groups in total. The van der Waals surface area contributed by atoms with E-state index in [0.29, 0.717) is 11.1 Å². The van der Waals surface area contributed by atoms with Gasteiger partial charge in [-0.25, -0.2) is 0 Å². The Bertz CT molecular complexity index is 356. The molecule has 2 nitrogen and oxygen atoms in total. The van der Waals surface area contributed by atoms with Crippen molar-refractivity contribution in [2.45, 2.75) is 13.0 Å². The summed E-state index contributed by atoms with van der Waals surface area (Å²) in [5.41, 5.74) is 1.20. The molecule has 0 aliphatic carbocycles. The molecular weight excluding hydrogens is 164 g/mol. The minimum atomic E-state index is -0.667. The van der Waals surface area contributed by atoms with Crippen LogP contribution >= 0.6 is 0 Å². The second-order valence-corrected chi connectivity index (χ2v) is 2.65. The van der Waals surface area contributed by atoms with Gasteiger partial charge in [-0.15, -0.1) is 0 Å². The van der Waals surface area contributed by atoms with Gasteiger partial charge in [0, 0.05) is 11.1 Å². The molecule has 0 saturated heterocycles. The number of carbonyl (C=O) groups excluding carboxylic acids is 1. The van der Waals surface area contributed by atoms with Gasteiger partial charge in [0.1, 0.15) is 6.10 Å². The molecule has 0 aliphatic rings. The Kier molecular flexibility index (Phi) is 3.24. The van der Waals surface area contributed by atoms with E-state index in [-0.39, 0.29) is 0 Å². The van der Waals surface area contributed by atoms with Gasteiger partial charge in [0.05, 0.1) is 0 Å². The van der Waals surface area contributed by atoms with Gasteiger partial charge in [-0.05, 0) is 13.0 Å². The van der Waals surface area contributed by atoms with Gasteiger partial charge < -0.3 is 5.11 Å². The second kappa shape index (κ2) is 4.44. The van der Waals surface area contributed by atoms with Crippen LogP contribution in [0, 0.1) is 11.8 Å². The highest BCUT2D eigenvalue weighted by Gasteiger charge is 1.95. The van der Waals surface area contributed by atoms with Crippen LogP contribution in [-0.4, -0.2) is 17.5 Å². The zero-order valence-electron chi connectivity index (χ0n) is 7.32. The Morgan fingerprint density at radius 3 is 2.77 bits per heavy atom. The molecule has 13 heavy (non-hydrogen) atoms. The Morgan fingerprint density at radius 2 is 2.15 bits per heavy atom. The fraction of sp³-hybridized carbons (Fsp3) is 0.182. The maximum Gasteiger partial charge on any atom is 0.151 e. The second-order valence-electron chi connectivity index (χ2n) is 2.65. The predicted octanol–water partition coefficient (Wildman–Crippen LogP) is 1.23. The molecule has 0 fully saturated rings. The van der Waals surface area contributed by atoms with Crippen LogP contribution < -0.4 is 0 Å². The average Bonchev–Trinajstić information content (AvgIpc) is 2.15. The SMILES string of the molecule is C[C@@H](O)C#Cc1ccccc1C=O. The van der Waals surface area contributed by atoms with E-state index in [4.69, 9.17) is 5.11 Å². The summed E-state index contributed by atoms with van der Waals surface area (Å²) in [7, 11) is 0. The lowest BCUT2D eigenvalue weighted by molar-refractivity contribution is 0.112. The van der Waals surface area contributed by atoms with E-state index in [9.17, 15) is 4.79 Å². The van der Waals surface area contributed by atoms with Gasteiger partial charge >= 0.3 is 0 Å². The zero-order valence-corrected chi connectivity index (χ0v) is 7.32. The van der Waals surface area contributed by atoms with E-state index >= 15 is 0 Å². The third kappa shape index (κ3) is 2.73. The molecule has 0 saturated carbocycles. The Balaban J connectivity index is 3.02. The maximum atomic E-state index is 10.5. The van der Waals surface area contributed by atoms with Crippen LogP contribution in [0.4, 0.5) is 0 Å². The fourth-order valence-corrected chi connectivity index (χ4v) is 0.896. The summed E-state index contributed by atoms with van der Waals surface area (Å²) < 4.78 is 0. The lowest BCUT2D eigenvalue weighted by Gasteiger charge is -1.94. The summed E-state index contributed by atoms with van der Waals surface area (Å²) in [5.74, 6) is 5.32. The maximum absolute atomic E-state index is 10.5. The Morgan fingerprint density at radius 1 is 1.46 bits per heavy atom. The first kappa shape index (κ1) is 9.50. The molecule has 0 heterocycles. The van der Waals surface area contributed by atoms with Crippen LogP contribution in [-0.2, 0) is 0 Å². The molecule has 0 aliphatic heterocycles. The first-order valence-corrected chi connectivity index (χ1v) is 3.98.